The number of ether oxygens (including phenoxy) is 1. The third kappa shape index (κ3) is 4.58. The fourth-order valence-corrected chi connectivity index (χ4v) is 3.00. The Bertz CT molecular complexity index is 707. The lowest BCUT2D eigenvalue weighted by Gasteiger charge is -2.32. The van der Waals surface area contributed by atoms with Crippen molar-refractivity contribution >= 4 is 0 Å². The van der Waals surface area contributed by atoms with Crippen molar-refractivity contribution in [3.63, 3.8) is 0 Å². The average molecular weight is 355 g/mol. The molecule has 2 heterocycles. The van der Waals surface area contributed by atoms with E-state index in [9.17, 15) is 13.2 Å². The molecule has 1 saturated heterocycles. The molecule has 0 N–H and O–H groups in total. The smallest absolute Gasteiger partial charge is 0.389 e. The molecule has 1 aromatic heterocycles. The van der Waals surface area contributed by atoms with Crippen LogP contribution in [-0.4, -0.2) is 47.5 Å². The summed E-state index contributed by atoms with van der Waals surface area (Å²) in [6, 6.07) is 6.79. The molecule has 136 valence electrons. The number of alkyl halides is 3. The summed E-state index contributed by atoms with van der Waals surface area (Å²) >= 11 is 0. The van der Waals surface area contributed by atoms with Crippen LogP contribution in [0.1, 0.15) is 30.9 Å². The number of halogens is 3. The normalized spacial score (nSPS) is 22.3. The molecule has 2 aromatic rings. The van der Waals surface area contributed by atoms with Crippen LogP contribution >= 0.6 is 0 Å². The van der Waals surface area contributed by atoms with E-state index < -0.39 is 12.6 Å². The van der Waals surface area contributed by atoms with Gasteiger partial charge in [0.2, 0.25) is 11.8 Å². The SMILES string of the molecule is C[C@@H]1CN(C)C[C@H](c2nnc(-c3ccccc3CCC(F)(F)F)o2)O1. The summed E-state index contributed by atoms with van der Waals surface area (Å²) in [5, 5.41) is 8.06. The molecule has 8 heteroatoms. The number of aromatic nitrogens is 2. The molecule has 2 atom stereocenters. The van der Waals surface area contributed by atoms with E-state index in [1.165, 1.54) is 0 Å². The fraction of sp³-hybridized carbons (Fsp3) is 0.529. The molecule has 0 radical (unpaired) electrons. The Morgan fingerprint density at radius 1 is 1.20 bits per heavy atom. The van der Waals surface area contributed by atoms with Gasteiger partial charge in [-0.2, -0.15) is 13.2 Å². The van der Waals surface area contributed by atoms with Gasteiger partial charge in [-0.05, 0) is 32.0 Å². The molecular formula is C17H20F3N3O2. The minimum Gasteiger partial charge on any atom is -0.418 e. The molecule has 1 fully saturated rings. The van der Waals surface area contributed by atoms with Gasteiger partial charge in [0.25, 0.3) is 0 Å². The monoisotopic (exact) mass is 355 g/mol. The van der Waals surface area contributed by atoms with Crippen molar-refractivity contribution in [1.82, 2.24) is 15.1 Å². The number of nitrogens with zero attached hydrogens (tertiary/aromatic N) is 3. The van der Waals surface area contributed by atoms with Crippen molar-refractivity contribution in [2.75, 3.05) is 20.1 Å². The van der Waals surface area contributed by atoms with Crippen molar-refractivity contribution in [2.24, 2.45) is 0 Å². The number of aryl methyl sites for hydroxylation is 1. The predicted molar refractivity (Wildman–Crippen MR) is 84.9 cm³/mol. The predicted octanol–water partition coefficient (Wildman–Crippen LogP) is 3.62. The Kier molecular flexibility index (Phi) is 5.10. The number of benzene rings is 1. The summed E-state index contributed by atoms with van der Waals surface area (Å²) in [6.45, 7) is 3.41. The summed E-state index contributed by atoms with van der Waals surface area (Å²) in [6.07, 6.45) is -5.52. The molecule has 0 bridgehead atoms. The molecule has 25 heavy (non-hydrogen) atoms. The maximum Gasteiger partial charge on any atom is 0.389 e. The number of likely N-dealkylation sites (N-methyl/N-ethyl adjacent to an activating group) is 1. The van der Waals surface area contributed by atoms with Gasteiger partial charge < -0.3 is 14.1 Å². The van der Waals surface area contributed by atoms with Crippen LogP contribution in [0.25, 0.3) is 11.5 Å². The van der Waals surface area contributed by atoms with Crippen molar-refractivity contribution in [3.05, 3.63) is 35.7 Å². The van der Waals surface area contributed by atoms with Crippen LogP contribution in [0.15, 0.2) is 28.7 Å². The first-order chi connectivity index (χ1) is 11.8. The van der Waals surface area contributed by atoms with E-state index in [4.69, 9.17) is 9.15 Å². The summed E-state index contributed by atoms with van der Waals surface area (Å²) in [4.78, 5) is 2.11. The van der Waals surface area contributed by atoms with Crippen LogP contribution in [0.3, 0.4) is 0 Å². The van der Waals surface area contributed by atoms with E-state index in [0.717, 1.165) is 6.54 Å². The van der Waals surface area contributed by atoms with Gasteiger partial charge in [-0.1, -0.05) is 18.2 Å². The minimum atomic E-state index is -4.20. The molecule has 0 amide bonds. The molecule has 5 nitrogen and oxygen atoms in total. The van der Waals surface area contributed by atoms with Gasteiger partial charge in [0.05, 0.1) is 6.10 Å². The van der Waals surface area contributed by atoms with Gasteiger partial charge in [-0.25, -0.2) is 0 Å². The molecule has 1 aliphatic heterocycles. The summed E-state index contributed by atoms with van der Waals surface area (Å²) in [7, 11) is 1.98. The largest absolute Gasteiger partial charge is 0.418 e. The average Bonchev–Trinajstić information content (AvgIpc) is 3.01. The zero-order chi connectivity index (χ0) is 18.0. The molecule has 1 aliphatic rings. The Labute approximate surface area is 143 Å². The van der Waals surface area contributed by atoms with E-state index in [1.807, 2.05) is 14.0 Å². The van der Waals surface area contributed by atoms with E-state index in [-0.39, 0.29) is 24.5 Å². The summed E-state index contributed by atoms with van der Waals surface area (Å²) < 4.78 is 49.1. The number of rotatable bonds is 4. The molecule has 0 aliphatic carbocycles. The maximum absolute atomic E-state index is 12.5. The lowest BCUT2D eigenvalue weighted by atomic mass is 10.0. The lowest BCUT2D eigenvalue weighted by Crippen LogP contribution is -2.40. The number of hydrogen-bond donors (Lipinski definition) is 0. The third-order valence-corrected chi connectivity index (χ3v) is 4.08. The molecular weight excluding hydrogens is 335 g/mol. The zero-order valence-electron chi connectivity index (χ0n) is 14.1. The fourth-order valence-electron chi connectivity index (χ4n) is 3.00. The first-order valence-corrected chi connectivity index (χ1v) is 8.14. The van der Waals surface area contributed by atoms with Gasteiger partial charge in [-0.15, -0.1) is 10.2 Å². The molecule has 0 unspecified atom stereocenters. The zero-order valence-corrected chi connectivity index (χ0v) is 14.1. The molecule has 3 rings (SSSR count). The Morgan fingerprint density at radius 2 is 1.96 bits per heavy atom. The van der Waals surface area contributed by atoms with Crippen molar-refractivity contribution in [1.29, 1.82) is 0 Å². The van der Waals surface area contributed by atoms with Crippen LogP contribution in [0, 0.1) is 0 Å². The van der Waals surface area contributed by atoms with Crippen LogP contribution in [0.5, 0.6) is 0 Å². The number of hydrogen-bond acceptors (Lipinski definition) is 5. The van der Waals surface area contributed by atoms with E-state index in [0.29, 0.717) is 23.6 Å². The van der Waals surface area contributed by atoms with Crippen LogP contribution < -0.4 is 0 Å². The highest BCUT2D eigenvalue weighted by Crippen LogP contribution is 2.30. The Morgan fingerprint density at radius 3 is 2.68 bits per heavy atom. The van der Waals surface area contributed by atoms with Gasteiger partial charge >= 0.3 is 6.18 Å². The minimum absolute atomic E-state index is 0.0400. The summed E-state index contributed by atoms with van der Waals surface area (Å²) in [5.41, 5.74) is 1.06. The first-order valence-electron chi connectivity index (χ1n) is 8.14. The van der Waals surface area contributed by atoms with Crippen molar-refractivity contribution in [3.8, 4) is 11.5 Å². The quantitative estimate of drug-likeness (QED) is 0.838. The second-order valence-corrected chi connectivity index (χ2v) is 6.37. The Hall–Kier alpha value is -1.93. The van der Waals surface area contributed by atoms with Crippen LogP contribution in [-0.2, 0) is 11.2 Å². The number of morpholine rings is 1. The molecule has 0 spiro atoms. The first kappa shape index (κ1) is 17.9. The van der Waals surface area contributed by atoms with E-state index >= 15 is 0 Å². The van der Waals surface area contributed by atoms with Gasteiger partial charge in [0, 0.05) is 25.1 Å². The highest BCUT2D eigenvalue weighted by atomic mass is 19.4. The third-order valence-electron chi connectivity index (χ3n) is 4.08. The highest BCUT2D eigenvalue weighted by molar-refractivity contribution is 5.58. The van der Waals surface area contributed by atoms with Crippen molar-refractivity contribution < 1.29 is 22.3 Å². The topological polar surface area (TPSA) is 51.4 Å². The summed E-state index contributed by atoms with van der Waals surface area (Å²) in [5.74, 6) is 0.566. The highest BCUT2D eigenvalue weighted by Gasteiger charge is 2.30. The van der Waals surface area contributed by atoms with E-state index in [2.05, 4.69) is 15.1 Å². The van der Waals surface area contributed by atoms with Gasteiger partial charge in [0.15, 0.2) is 0 Å². The van der Waals surface area contributed by atoms with Gasteiger partial charge in [-0.3, -0.25) is 0 Å². The van der Waals surface area contributed by atoms with Crippen LogP contribution in [0.4, 0.5) is 13.2 Å². The van der Waals surface area contributed by atoms with Crippen molar-refractivity contribution in [2.45, 2.75) is 38.1 Å². The van der Waals surface area contributed by atoms with E-state index in [1.54, 1.807) is 24.3 Å². The molecule has 0 saturated carbocycles. The molecule has 1 aromatic carbocycles. The standard InChI is InChI=1S/C17H20F3N3O2/c1-11-9-23(2)10-14(24-11)16-22-21-15(25-16)13-6-4-3-5-12(13)7-8-17(18,19)20/h3-6,11,14H,7-10H2,1-2H3/t11-,14-/m1/s1. The van der Waals surface area contributed by atoms with Crippen LogP contribution in [0.2, 0.25) is 0 Å². The second-order valence-electron chi connectivity index (χ2n) is 6.37. The maximum atomic E-state index is 12.5. The lowest BCUT2D eigenvalue weighted by molar-refractivity contribution is -0.133. The Balaban J connectivity index is 1.80. The second kappa shape index (κ2) is 7.13. The van der Waals surface area contributed by atoms with Gasteiger partial charge in [0.1, 0.15) is 6.10 Å².